The van der Waals surface area contributed by atoms with Crippen LogP contribution in [-0.4, -0.2) is 93.4 Å². The SMILES string of the molecule is CS(C)(C)CCOCn1c(C(=O)c2cnn(-c3ccc(Oc4cc(F)ccc4F)nc3)c2N)cc2cc(C(=O)N3CCOCC3)ccc21. The average Bonchev–Trinajstić information content (AvgIpc) is 3.64. The number of aromatic nitrogens is 4. The molecule has 1 saturated heterocycles. The van der Waals surface area contributed by atoms with Crippen molar-refractivity contribution < 1.29 is 32.6 Å². The van der Waals surface area contributed by atoms with E-state index in [0.29, 0.717) is 55.2 Å². The molecule has 5 aromatic rings. The number of halogens is 2. The lowest BCUT2D eigenvalue weighted by Gasteiger charge is -2.26. The fourth-order valence-electron chi connectivity index (χ4n) is 5.25. The number of rotatable bonds is 11. The molecule has 0 unspecified atom stereocenters. The van der Waals surface area contributed by atoms with E-state index < -0.39 is 21.7 Å². The monoisotopic (exact) mass is 678 g/mol. The Morgan fingerprint density at radius 3 is 2.52 bits per heavy atom. The first-order valence-electron chi connectivity index (χ1n) is 15.2. The largest absolute Gasteiger partial charge is 0.436 e. The summed E-state index contributed by atoms with van der Waals surface area (Å²) in [7, 11) is -0.779. The van der Waals surface area contributed by atoms with Gasteiger partial charge in [0.2, 0.25) is 11.7 Å². The number of fused-ring (bicyclic) bond motifs is 1. The third-order valence-electron chi connectivity index (χ3n) is 7.86. The molecule has 0 spiro atoms. The van der Waals surface area contributed by atoms with Crippen LogP contribution in [0.5, 0.6) is 11.6 Å². The number of hydrogen-bond acceptors (Lipinski definition) is 8. The lowest BCUT2D eigenvalue weighted by Crippen LogP contribution is -2.40. The summed E-state index contributed by atoms with van der Waals surface area (Å²) in [5.41, 5.74) is 8.62. The minimum atomic E-state index is -0.779. The van der Waals surface area contributed by atoms with Crippen LogP contribution in [0.3, 0.4) is 0 Å². The van der Waals surface area contributed by atoms with Gasteiger partial charge in [0.25, 0.3) is 5.91 Å². The van der Waals surface area contributed by atoms with Crippen molar-refractivity contribution in [1.29, 1.82) is 0 Å². The molecule has 11 nitrogen and oxygen atoms in total. The van der Waals surface area contributed by atoms with Crippen LogP contribution in [0.25, 0.3) is 16.6 Å². The summed E-state index contributed by atoms with van der Waals surface area (Å²) in [5.74, 6) is -1.17. The molecule has 0 radical (unpaired) electrons. The van der Waals surface area contributed by atoms with Gasteiger partial charge in [-0.3, -0.25) is 9.59 Å². The van der Waals surface area contributed by atoms with Crippen LogP contribution < -0.4 is 10.5 Å². The predicted octanol–water partition coefficient (Wildman–Crippen LogP) is 5.25. The molecule has 0 saturated carbocycles. The number of hydrogen-bond donors (Lipinski definition) is 1. The maximum Gasteiger partial charge on any atom is 0.254 e. The molecule has 3 aromatic heterocycles. The predicted molar refractivity (Wildman–Crippen MR) is 180 cm³/mol. The molecule has 4 heterocycles. The maximum absolute atomic E-state index is 14.1. The molecule has 0 bridgehead atoms. The summed E-state index contributed by atoms with van der Waals surface area (Å²) in [6.07, 6.45) is 9.40. The van der Waals surface area contributed by atoms with Gasteiger partial charge in [0.15, 0.2) is 11.6 Å². The second-order valence-electron chi connectivity index (χ2n) is 12.2. The fraction of sp³-hybridized carbons (Fsp3) is 0.294. The third kappa shape index (κ3) is 7.20. The Labute approximate surface area is 277 Å². The standard InChI is InChI=1S/C34H36F2N6O5S/c1-48(2,3)15-14-46-21-41-28-8-4-22(34(44)40-10-12-45-13-11-40)16-23(28)17-29(41)32(43)26-20-39-42(33(26)37)25-6-9-31(38-19-25)47-30-18-24(35)5-7-27(30)36/h4-9,16-20H,10-15,21,37H2,1-3H3. The van der Waals surface area contributed by atoms with Crippen LogP contribution in [0.4, 0.5) is 14.6 Å². The number of anilines is 1. The first-order valence-corrected chi connectivity index (χ1v) is 18.2. The van der Waals surface area contributed by atoms with Crippen LogP contribution in [0.1, 0.15) is 26.4 Å². The van der Waals surface area contributed by atoms with Gasteiger partial charge >= 0.3 is 0 Å². The topological polar surface area (TPSA) is 127 Å². The van der Waals surface area contributed by atoms with Gasteiger partial charge in [0.1, 0.15) is 18.4 Å². The van der Waals surface area contributed by atoms with E-state index in [1.54, 1.807) is 33.7 Å². The van der Waals surface area contributed by atoms with Crippen molar-refractivity contribution in [1.82, 2.24) is 24.2 Å². The zero-order valence-electron chi connectivity index (χ0n) is 26.8. The van der Waals surface area contributed by atoms with Gasteiger partial charge in [-0.15, -0.1) is 0 Å². The zero-order chi connectivity index (χ0) is 34.0. The van der Waals surface area contributed by atoms with E-state index in [1.807, 2.05) is 6.07 Å². The highest BCUT2D eigenvalue weighted by molar-refractivity contribution is 8.32. The summed E-state index contributed by atoms with van der Waals surface area (Å²) < 4.78 is 47.5. The molecule has 1 aliphatic heterocycles. The van der Waals surface area contributed by atoms with Crippen molar-refractivity contribution in [3.8, 4) is 17.3 Å². The normalized spacial score (nSPS) is 14.0. The van der Waals surface area contributed by atoms with Gasteiger partial charge in [-0.1, -0.05) is 0 Å². The highest BCUT2D eigenvalue weighted by atomic mass is 32.3. The number of carbonyl (C=O) groups is 2. The fourth-order valence-corrected chi connectivity index (χ4v) is 5.87. The Balaban J connectivity index is 1.28. The van der Waals surface area contributed by atoms with Crippen LogP contribution in [0.15, 0.2) is 67.0 Å². The summed E-state index contributed by atoms with van der Waals surface area (Å²) in [5, 5.41) is 5.04. The summed E-state index contributed by atoms with van der Waals surface area (Å²) in [6.45, 7) is 2.68. The molecular formula is C34H36F2N6O5S. The van der Waals surface area contributed by atoms with Crippen molar-refractivity contribution in [2.75, 3.05) is 63.2 Å². The van der Waals surface area contributed by atoms with Crippen LogP contribution in [0.2, 0.25) is 0 Å². The van der Waals surface area contributed by atoms with E-state index in [4.69, 9.17) is 19.9 Å². The Hall–Kier alpha value is -4.79. The van der Waals surface area contributed by atoms with Crippen LogP contribution >= 0.6 is 10.0 Å². The van der Waals surface area contributed by atoms with Gasteiger partial charge in [-0.05, 0) is 61.2 Å². The van der Waals surface area contributed by atoms with Crippen molar-refractivity contribution in [2.45, 2.75) is 6.73 Å². The first kappa shape index (κ1) is 33.1. The number of morpholine rings is 1. The molecule has 1 aliphatic rings. The van der Waals surface area contributed by atoms with Crippen LogP contribution in [0, 0.1) is 11.6 Å². The zero-order valence-corrected chi connectivity index (χ0v) is 27.6. The Kier molecular flexibility index (Phi) is 9.49. The number of nitrogens with zero attached hydrogens (tertiary/aromatic N) is 5. The molecule has 1 fully saturated rings. The molecule has 14 heteroatoms. The molecule has 1 amide bonds. The minimum absolute atomic E-state index is 0.0225. The van der Waals surface area contributed by atoms with Crippen molar-refractivity contribution in [3.05, 3.63) is 95.4 Å². The highest BCUT2D eigenvalue weighted by Gasteiger charge is 2.25. The average molecular weight is 679 g/mol. The number of carbonyl (C=O) groups excluding carboxylic acids is 2. The second kappa shape index (κ2) is 13.7. The Morgan fingerprint density at radius 2 is 1.79 bits per heavy atom. The third-order valence-corrected chi connectivity index (χ3v) is 9.26. The number of pyridine rings is 1. The summed E-state index contributed by atoms with van der Waals surface area (Å²) >= 11 is 0. The van der Waals surface area contributed by atoms with E-state index >= 15 is 0 Å². The van der Waals surface area contributed by atoms with Gasteiger partial charge in [0.05, 0.1) is 54.7 Å². The number of benzene rings is 2. The number of nitrogen functional groups attached to an aromatic ring is 1. The molecule has 252 valence electrons. The molecule has 0 aliphatic carbocycles. The summed E-state index contributed by atoms with van der Waals surface area (Å²) in [4.78, 5) is 33.2. The number of ether oxygens (including phenoxy) is 3. The number of ketones is 1. The quantitative estimate of drug-likeness (QED) is 0.148. The second-order valence-corrected chi connectivity index (χ2v) is 16.8. The van der Waals surface area contributed by atoms with E-state index in [-0.39, 0.29) is 41.4 Å². The van der Waals surface area contributed by atoms with Gasteiger partial charge in [0, 0.05) is 41.9 Å². The van der Waals surface area contributed by atoms with Crippen molar-refractivity contribution in [3.63, 3.8) is 0 Å². The summed E-state index contributed by atoms with van der Waals surface area (Å²) in [6, 6.07) is 13.0. The molecule has 2 aromatic carbocycles. The number of amides is 1. The molecular weight excluding hydrogens is 642 g/mol. The van der Waals surface area contributed by atoms with E-state index in [0.717, 1.165) is 29.5 Å². The van der Waals surface area contributed by atoms with E-state index in [2.05, 4.69) is 28.8 Å². The maximum atomic E-state index is 14.1. The molecule has 2 N–H and O–H groups in total. The van der Waals surface area contributed by atoms with E-state index in [1.165, 1.54) is 23.1 Å². The van der Waals surface area contributed by atoms with Crippen molar-refractivity contribution in [2.24, 2.45) is 0 Å². The van der Waals surface area contributed by atoms with Crippen molar-refractivity contribution >= 4 is 38.4 Å². The van der Waals surface area contributed by atoms with Gasteiger partial charge < -0.3 is 29.4 Å². The number of nitrogens with two attached hydrogens (primary N) is 1. The van der Waals surface area contributed by atoms with Crippen LogP contribution in [-0.2, 0) is 16.2 Å². The Morgan fingerprint density at radius 1 is 1.00 bits per heavy atom. The highest BCUT2D eigenvalue weighted by Crippen LogP contribution is 2.34. The lowest BCUT2D eigenvalue weighted by molar-refractivity contribution is 0.0303. The molecule has 6 rings (SSSR count). The Bertz CT molecular complexity index is 1970. The van der Waals surface area contributed by atoms with Gasteiger partial charge in [-0.2, -0.15) is 5.10 Å². The van der Waals surface area contributed by atoms with Gasteiger partial charge in [-0.25, -0.2) is 28.5 Å². The minimum Gasteiger partial charge on any atom is -0.436 e. The molecule has 48 heavy (non-hydrogen) atoms. The smallest absolute Gasteiger partial charge is 0.254 e. The molecule has 0 atom stereocenters. The first-order chi connectivity index (χ1) is 23.0. The lowest BCUT2D eigenvalue weighted by atomic mass is 10.1. The van der Waals surface area contributed by atoms with E-state index in [9.17, 15) is 18.4 Å².